The molecule has 4 aromatic rings. The summed E-state index contributed by atoms with van der Waals surface area (Å²) in [5.74, 6) is 1.74. The minimum absolute atomic E-state index is 0.232. The monoisotopic (exact) mass is 517 g/mol. The van der Waals surface area contributed by atoms with Crippen molar-refractivity contribution < 1.29 is 9.18 Å². The summed E-state index contributed by atoms with van der Waals surface area (Å²) in [6, 6.07) is 21.1. The standard InChI is InChI=1S/C28H25BrFN3O/c29-23-9-12-25-26(15-23)33(17-18-13-14-32(16-18)28(34)22-5-6-22)27(31-25)21-3-1-19(2-4-21)20-7-10-24(30)11-8-20/h1-4,7-12,15,18,22H,5-6,13-14,16-17H2/t18-/m1/s1. The van der Waals surface area contributed by atoms with Crippen LogP contribution in [-0.2, 0) is 11.3 Å². The van der Waals surface area contributed by atoms with Crippen LogP contribution in [0.15, 0.2) is 71.2 Å². The van der Waals surface area contributed by atoms with E-state index >= 15 is 0 Å². The molecule has 0 N–H and O–H groups in total. The summed E-state index contributed by atoms with van der Waals surface area (Å²) < 4.78 is 16.6. The van der Waals surface area contributed by atoms with Crippen LogP contribution in [0.2, 0.25) is 0 Å². The molecule has 6 heteroatoms. The van der Waals surface area contributed by atoms with Crippen molar-refractivity contribution in [1.29, 1.82) is 0 Å². The molecule has 1 saturated heterocycles. The van der Waals surface area contributed by atoms with Gasteiger partial charge < -0.3 is 9.47 Å². The van der Waals surface area contributed by atoms with E-state index in [0.717, 1.165) is 76.9 Å². The first kappa shape index (κ1) is 21.5. The van der Waals surface area contributed by atoms with Gasteiger partial charge in [-0.25, -0.2) is 9.37 Å². The van der Waals surface area contributed by atoms with E-state index < -0.39 is 0 Å². The van der Waals surface area contributed by atoms with Gasteiger partial charge in [-0.3, -0.25) is 4.79 Å². The molecule has 4 nitrogen and oxygen atoms in total. The van der Waals surface area contributed by atoms with Crippen LogP contribution in [0.5, 0.6) is 0 Å². The van der Waals surface area contributed by atoms with Crippen molar-refractivity contribution in [2.45, 2.75) is 25.8 Å². The molecule has 2 fully saturated rings. The summed E-state index contributed by atoms with van der Waals surface area (Å²) in [6.45, 7) is 2.51. The van der Waals surface area contributed by atoms with Gasteiger partial charge in [-0.2, -0.15) is 0 Å². The third-order valence-electron chi connectivity index (χ3n) is 7.00. The Morgan fingerprint density at radius 2 is 1.62 bits per heavy atom. The van der Waals surface area contributed by atoms with Gasteiger partial charge >= 0.3 is 0 Å². The van der Waals surface area contributed by atoms with E-state index in [2.05, 4.69) is 55.7 Å². The van der Waals surface area contributed by atoms with Gasteiger partial charge in [-0.05, 0) is 66.6 Å². The van der Waals surface area contributed by atoms with Gasteiger partial charge in [0.05, 0.1) is 11.0 Å². The largest absolute Gasteiger partial charge is 0.342 e. The second kappa shape index (κ2) is 8.66. The molecule has 2 heterocycles. The van der Waals surface area contributed by atoms with Gasteiger partial charge in [0.2, 0.25) is 5.91 Å². The molecule has 0 spiro atoms. The fourth-order valence-corrected chi connectivity index (χ4v) is 5.33. The van der Waals surface area contributed by atoms with Gasteiger partial charge in [-0.1, -0.05) is 52.3 Å². The smallest absolute Gasteiger partial charge is 0.225 e. The first-order valence-electron chi connectivity index (χ1n) is 11.9. The van der Waals surface area contributed by atoms with Gasteiger partial charge in [0.1, 0.15) is 11.6 Å². The predicted octanol–water partition coefficient (Wildman–Crippen LogP) is 6.53. The predicted molar refractivity (Wildman–Crippen MR) is 136 cm³/mol. The summed E-state index contributed by atoms with van der Waals surface area (Å²) in [4.78, 5) is 19.6. The van der Waals surface area contributed by atoms with Crippen LogP contribution in [0, 0.1) is 17.7 Å². The molecule has 172 valence electrons. The maximum absolute atomic E-state index is 13.3. The molecule has 1 aromatic heterocycles. The maximum atomic E-state index is 13.3. The summed E-state index contributed by atoms with van der Waals surface area (Å²) in [5, 5.41) is 0. The Morgan fingerprint density at radius 1 is 0.941 bits per heavy atom. The first-order valence-corrected chi connectivity index (χ1v) is 12.7. The van der Waals surface area contributed by atoms with Crippen LogP contribution in [0.1, 0.15) is 19.3 Å². The number of hydrogen-bond donors (Lipinski definition) is 0. The second-order valence-corrected chi connectivity index (χ2v) is 10.4. The number of imidazole rings is 1. The number of hydrogen-bond acceptors (Lipinski definition) is 2. The summed E-state index contributed by atoms with van der Waals surface area (Å²) in [6.07, 6.45) is 3.13. The fraction of sp³-hybridized carbons (Fsp3) is 0.286. The lowest BCUT2D eigenvalue weighted by atomic mass is 10.0. The maximum Gasteiger partial charge on any atom is 0.225 e. The van der Waals surface area contributed by atoms with E-state index in [0.29, 0.717) is 11.8 Å². The van der Waals surface area contributed by atoms with Crippen LogP contribution in [0.4, 0.5) is 4.39 Å². The van der Waals surface area contributed by atoms with E-state index in [1.165, 1.54) is 12.1 Å². The van der Waals surface area contributed by atoms with Crippen molar-refractivity contribution >= 4 is 32.9 Å². The molecule has 0 unspecified atom stereocenters. The Morgan fingerprint density at radius 3 is 2.32 bits per heavy atom. The first-order chi connectivity index (χ1) is 16.5. The highest BCUT2D eigenvalue weighted by molar-refractivity contribution is 9.10. The van der Waals surface area contributed by atoms with Crippen molar-refractivity contribution in [2.24, 2.45) is 11.8 Å². The molecule has 2 aliphatic rings. The number of rotatable bonds is 5. The zero-order valence-electron chi connectivity index (χ0n) is 18.8. The average Bonchev–Trinajstić information content (AvgIpc) is 3.50. The SMILES string of the molecule is O=C(C1CC1)N1CC[C@@H](Cn2c(-c3ccc(-c4ccc(F)cc4)cc3)nc3ccc(Br)cc32)C1. The molecule has 1 atom stereocenters. The lowest BCUT2D eigenvalue weighted by Gasteiger charge is -2.18. The van der Waals surface area contributed by atoms with Crippen molar-refractivity contribution in [3.05, 3.63) is 77.0 Å². The highest BCUT2D eigenvalue weighted by Crippen LogP contribution is 2.34. The number of likely N-dealkylation sites (tertiary alicyclic amines) is 1. The molecule has 0 radical (unpaired) electrons. The molecular formula is C28H25BrFN3O. The molecule has 6 rings (SSSR count). The van der Waals surface area contributed by atoms with Gasteiger partial charge in [0.25, 0.3) is 0 Å². The van der Waals surface area contributed by atoms with E-state index in [1.807, 2.05) is 12.1 Å². The van der Waals surface area contributed by atoms with Crippen LogP contribution >= 0.6 is 15.9 Å². The number of halogens is 2. The Kier molecular flexibility index (Phi) is 5.48. The van der Waals surface area contributed by atoms with Crippen molar-refractivity contribution in [1.82, 2.24) is 14.5 Å². The Hall–Kier alpha value is -2.99. The van der Waals surface area contributed by atoms with Gasteiger partial charge in [-0.15, -0.1) is 0 Å². The number of aromatic nitrogens is 2. The number of fused-ring (bicyclic) bond motifs is 1. The highest BCUT2D eigenvalue weighted by Gasteiger charge is 2.36. The van der Waals surface area contributed by atoms with Crippen LogP contribution in [-0.4, -0.2) is 33.4 Å². The third kappa shape index (κ3) is 4.16. The van der Waals surface area contributed by atoms with Crippen molar-refractivity contribution in [3.8, 4) is 22.5 Å². The Bertz CT molecular complexity index is 1360. The molecule has 0 bridgehead atoms. The quantitative estimate of drug-likeness (QED) is 0.301. The summed E-state index contributed by atoms with van der Waals surface area (Å²) in [5.41, 5.74) is 5.13. The Balaban J connectivity index is 1.32. The van der Waals surface area contributed by atoms with Gasteiger partial charge in [0.15, 0.2) is 0 Å². The second-order valence-electron chi connectivity index (χ2n) is 9.48. The molecule has 1 saturated carbocycles. The molecular weight excluding hydrogens is 493 g/mol. The zero-order valence-corrected chi connectivity index (χ0v) is 20.3. The minimum atomic E-state index is -0.232. The average molecular weight is 518 g/mol. The number of nitrogens with zero attached hydrogens (tertiary/aromatic N) is 3. The van der Waals surface area contributed by atoms with Crippen LogP contribution in [0.25, 0.3) is 33.5 Å². The van der Waals surface area contributed by atoms with Crippen LogP contribution in [0.3, 0.4) is 0 Å². The number of carbonyl (C=O) groups excluding carboxylic acids is 1. The lowest BCUT2D eigenvalue weighted by molar-refractivity contribution is -0.131. The Labute approximate surface area is 206 Å². The summed E-state index contributed by atoms with van der Waals surface area (Å²) in [7, 11) is 0. The minimum Gasteiger partial charge on any atom is -0.342 e. The number of carbonyl (C=O) groups is 1. The zero-order chi connectivity index (χ0) is 23.2. The number of amides is 1. The summed E-state index contributed by atoms with van der Waals surface area (Å²) >= 11 is 3.62. The van der Waals surface area contributed by atoms with E-state index in [-0.39, 0.29) is 11.7 Å². The number of benzene rings is 3. The van der Waals surface area contributed by atoms with Crippen LogP contribution < -0.4 is 0 Å². The molecule has 34 heavy (non-hydrogen) atoms. The van der Waals surface area contributed by atoms with Gasteiger partial charge in [0, 0.05) is 35.6 Å². The molecule has 1 aliphatic heterocycles. The molecule has 3 aromatic carbocycles. The molecule has 1 amide bonds. The van der Waals surface area contributed by atoms with E-state index in [1.54, 1.807) is 12.1 Å². The van der Waals surface area contributed by atoms with E-state index in [9.17, 15) is 9.18 Å². The lowest BCUT2D eigenvalue weighted by Crippen LogP contribution is -2.30. The third-order valence-corrected chi connectivity index (χ3v) is 7.49. The topological polar surface area (TPSA) is 38.1 Å². The van der Waals surface area contributed by atoms with Crippen molar-refractivity contribution in [2.75, 3.05) is 13.1 Å². The highest BCUT2D eigenvalue weighted by atomic mass is 79.9. The van der Waals surface area contributed by atoms with E-state index in [4.69, 9.17) is 4.98 Å². The normalized spacial score (nSPS) is 18.1. The molecule has 1 aliphatic carbocycles. The fourth-order valence-electron chi connectivity index (χ4n) is 4.98. The van der Waals surface area contributed by atoms with Crippen molar-refractivity contribution in [3.63, 3.8) is 0 Å².